The van der Waals surface area contributed by atoms with Gasteiger partial charge < -0.3 is 9.80 Å². The molecule has 1 unspecified atom stereocenters. The van der Waals surface area contributed by atoms with Gasteiger partial charge in [-0.15, -0.1) is 5.10 Å². The fraction of sp³-hybridized carbons (Fsp3) is 0.583. The molecule has 0 amide bonds. The minimum absolute atomic E-state index is 0.291. The van der Waals surface area contributed by atoms with Crippen LogP contribution in [0.1, 0.15) is 19.4 Å². The molecule has 0 bridgehead atoms. The third-order valence-electron chi connectivity index (χ3n) is 2.60. The number of anilines is 1. The second kappa shape index (κ2) is 6.16. The normalized spacial score (nSPS) is 12.2. The summed E-state index contributed by atoms with van der Waals surface area (Å²) >= 11 is 0. The van der Waals surface area contributed by atoms with Gasteiger partial charge in [0.05, 0.1) is 11.8 Å². The number of hydrogen-bond donors (Lipinski definition) is 0. The summed E-state index contributed by atoms with van der Waals surface area (Å²) in [6, 6.07) is 4.15. The van der Waals surface area contributed by atoms with E-state index in [0.717, 1.165) is 13.1 Å². The second-order valence-corrected chi connectivity index (χ2v) is 4.28. The van der Waals surface area contributed by atoms with Gasteiger partial charge in [-0.3, -0.25) is 0 Å². The van der Waals surface area contributed by atoms with E-state index in [1.807, 2.05) is 14.1 Å². The van der Waals surface area contributed by atoms with Crippen molar-refractivity contribution in [1.29, 1.82) is 5.26 Å². The Labute approximate surface area is 103 Å². The lowest BCUT2D eigenvalue weighted by Crippen LogP contribution is -2.41. The Morgan fingerprint density at radius 3 is 2.71 bits per heavy atom. The van der Waals surface area contributed by atoms with Crippen molar-refractivity contribution in [2.75, 3.05) is 32.1 Å². The van der Waals surface area contributed by atoms with Gasteiger partial charge in [-0.25, -0.2) is 0 Å². The number of rotatable bonds is 5. The van der Waals surface area contributed by atoms with E-state index in [4.69, 9.17) is 5.26 Å². The Morgan fingerprint density at radius 2 is 2.18 bits per heavy atom. The summed E-state index contributed by atoms with van der Waals surface area (Å²) in [5.41, 5.74) is 0.576. The van der Waals surface area contributed by atoms with Gasteiger partial charge >= 0.3 is 0 Å². The highest BCUT2D eigenvalue weighted by Gasteiger charge is 2.18. The van der Waals surface area contributed by atoms with Gasteiger partial charge in [-0.05, 0) is 34.0 Å². The molecule has 1 aromatic heterocycles. The monoisotopic (exact) mass is 233 g/mol. The van der Waals surface area contributed by atoms with Crippen molar-refractivity contribution in [3.8, 4) is 6.07 Å². The fourth-order valence-corrected chi connectivity index (χ4v) is 1.92. The van der Waals surface area contributed by atoms with Crippen molar-refractivity contribution in [3.05, 3.63) is 17.8 Å². The van der Waals surface area contributed by atoms with Crippen LogP contribution in [-0.4, -0.2) is 48.3 Å². The molecular formula is C12H19N5. The molecule has 0 spiro atoms. The van der Waals surface area contributed by atoms with Crippen molar-refractivity contribution in [1.82, 2.24) is 15.1 Å². The van der Waals surface area contributed by atoms with E-state index in [2.05, 4.69) is 39.9 Å². The predicted molar refractivity (Wildman–Crippen MR) is 67.8 cm³/mol. The molecule has 5 heteroatoms. The van der Waals surface area contributed by atoms with Crippen molar-refractivity contribution >= 4 is 5.82 Å². The minimum atomic E-state index is 0.291. The van der Waals surface area contributed by atoms with E-state index in [1.54, 1.807) is 12.3 Å². The predicted octanol–water partition coefficient (Wildman–Crippen LogP) is 1.12. The summed E-state index contributed by atoms with van der Waals surface area (Å²) in [5.74, 6) is 0.673. The summed E-state index contributed by atoms with van der Waals surface area (Å²) in [6.45, 7) is 5.90. The summed E-state index contributed by atoms with van der Waals surface area (Å²) in [6.07, 6.45) is 1.55. The minimum Gasteiger partial charge on any atom is -0.350 e. The molecule has 0 fully saturated rings. The number of nitriles is 1. The number of aromatic nitrogens is 2. The van der Waals surface area contributed by atoms with E-state index in [1.165, 1.54) is 0 Å². The van der Waals surface area contributed by atoms with Crippen LogP contribution >= 0.6 is 0 Å². The van der Waals surface area contributed by atoms with Crippen molar-refractivity contribution in [2.24, 2.45) is 0 Å². The zero-order valence-electron chi connectivity index (χ0n) is 10.9. The Hall–Kier alpha value is -1.67. The summed E-state index contributed by atoms with van der Waals surface area (Å²) < 4.78 is 0. The lowest BCUT2D eigenvalue weighted by Gasteiger charge is -2.31. The van der Waals surface area contributed by atoms with E-state index < -0.39 is 0 Å². The van der Waals surface area contributed by atoms with E-state index in [-0.39, 0.29) is 0 Å². The molecule has 0 saturated heterocycles. The van der Waals surface area contributed by atoms with Gasteiger partial charge in [0.1, 0.15) is 6.07 Å². The first-order valence-corrected chi connectivity index (χ1v) is 5.73. The highest BCUT2D eigenvalue weighted by Crippen LogP contribution is 2.17. The van der Waals surface area contributed by atoms with Crippen LogP contribution in [-0.2, 0) is 0 Å². The van der Waals surface area contributed by atoms with Crippen molar-refractivity contribution in [2.45, 2.75) is 19.9 Å². The van der Waals surface area contributed by atoms with Crippen LogP contribution < -0.4 is 4.90 Å². The summed E-state index contributed by atoms with van der Waals surface area (Å²) in [5, 5.41) is 17.0. The Bertz CT molecular complexity index is 396. The zero-order valence-corrected chi connectivity index (χ0v) is 10.9. The van der Waals surface area contributed by atoms with Gasteiger partial charge in [0.2, 0.25) is 0 Å². The first-order valence-electron chi connectivity index (χ1n) is 5.73. The molecule has 1 heterocycles. The molecule has 0 aliphatic carbocycles. The van der Waals surface area contributed by atoms with Crippen LogP contribution in [0.4, 0.5) is 5.82 Å². The molecule has 0 N–H and O–H groups in total. The maximum Gasteiger partial charge on any atom is 0.169 e. The molecule has 0 saturated carbocycles. The number of hydrogen-bond acceptors (Lipinski definition) is 5. The molecule has 0 aliphatic rings. The molecule has 5 nitrogen and oxygen atoms in total. The number of likely N-dealkylation sites (N-methyl/N-ethyl adjacent to an activating group) is 2. The van der Waals surface area contributed by atoms with Crippen LogP contribution in [0.5, 0.6) is 0 Å². The fourth-order valence-electron chi connectivity index (χ4n) is 1.92. The first-order chi connectivity index (χ1) is 8.10. The first kappa shape index (κ1) is 13.4. The smallest absolute Gasteiger partial charge is 0.169 e. The third-order valence-corrected chi connectivity index (χ3v) is 2.60. The quantitative estimate of drug-likeness (QED) is 0.763. The molecule has 17 heavy (non-hydrogen) atoms. The van der Waals surface area contributed by atoms with Crippen LogP contribution in [0.3, 0.4) is 0 Å². The molecule has 1 atom stereocenters. The highest BCUT2D eigenvalue weighted by molar-refractivity contribution is 5.53. The SMILES string of the molecule is CCN(c1nnccc1C#N)C(C)CN(C)C. The van der Waals surface area contributed by atoms with Crippen LogP contribution in [0.15, 0.2) is 12.3 Å². The zero-order chi connectivity index (χ0) is 12.8. The molecule has 0 aromatic carbocycles. The molecular weight excluding hydrogens is 214 g/mol. The van der Waals surface area contributed by atoms with E-state index in [0.29, 0.717) is 17.4 Å². The van der Waals surface area contributed by atoms with Crippen LogP contribution in [0, 0.1) is 11.3 Å². The van der Waals surface area contributed by atoms with E-state index >= 15 is 0 Å². The van der Waals surface area contributed by atoms with Crippen molar-refractivity contribution in [3.63, 3.8) is 0 Å². The molecule has 92 valence electrons. The molecule has 1 rings (SSSR count). The average molecular weight is 233 g/mol. The van der Waals surface area contributed by atoms with Crippen molar-refractivity contribution < 1.29 is 0 Å². The number of nitrogens with zero attached hydrogens (tertiary/aromatic N) is 5. The molecule has 1 aromatic rings. The standard InChI is InChI=1S/C12H19N5/c1-5-17(10(2)9-16(3)4)12-11(8-13)6-7-14-15-12/h6-7,10H,5,9H2,1-4H3. The van der Waals surface area contributed by atoms with Gasteiger partial charge in [0.15, 0.2) is 5.82 Å². The van der Waals surface area contributed by atoms with Gasteiger partial charge in [-0.1, -0.05) is 0 Å². The highest BCUT2D eigenvalue weighted by atomic mass is 15.3. The molecule has 0 radical (unpaired) electrons. The van der Waals surface area contributed by atoms with Crippen LogP contribution in [0.25, 0.3) is 0 Å². The van der Waals surface area contributed by atoms with Gasteiger partial charge in [0, 0.05) is 19.1 Å². The van der Waals surface area contributed by atoms with Gasteiger partial charge in [-0.2, -0.15) is 10.4 Å². The summed E-state index contributed by atoms with van der Waals surface area (Å²) in [7, 11) is 4.07. The Morgan fingerprint density at radius 1 is 1.47 bits per heavy atom. The third kappa shape index (κ3) is 3.40. The van der Waals surface area contributed by atoms with E-state index in [9.17, 15) is 0 Å². The maximum atomic E-state index is 9.07. The average Bonchev–Trinajstić information content (AvgIpc) is 2.29. The lowest BCUT2D eigenvalue weighted by atomic mass is 10.2. The Kier molecular flexibility index (Phi) is 4.85. The second-order valence-electron chi connectivity index (χ2n) is 4.28. The topological polar surface area (TPSA) is 56.1 Å². The summed E-state index contributed by atoms with van der Waals surface area (Å²) in [4.78, 5) is 4.22. The van der Waals surface area contributed by atoms with Gasteiger partial charge in [0.25, 0.3) is 0 Å². The largest absolute Gasteiger partial charge is 0.350 e. The lowest BCUT2D eigenvalue weighted by molar-refractivity contribution is 0.372. The Balaban J connectivity index is 2.97. The molecule has 0 aliphatic heterocycles. The van der Waals surface area contributed by atoms with Crippen LogP contribution in [0.2, 0.25) is 0 Å². The maximum absolute atomic E-state index is 9.07.